The van der Waals surface area contributed by atoms with Crippen LogP contribution in [0, 0.1) is 5.41 Å². The maximum absolute atomic E-state index is 2.80. The van der Waals surface area contributed by atoms with Crippen LogP contribution in [0.2, 0.25) is 0 Å². The van der Waals surface area contributed by atoms with Gasteiger partial charge >= 0.3 is 0 Å². The second kappa shape index (κ2) is 2.06. The average Bonchev–Trinajstić information content (AvgIpc) is 2.55. The molecule has 2 aliphatic rings. The first-order valence-electron chi connectivity index (χ1n) is 3.92. The van der Waals surface area contributed by atoms with Crippen molar-refractivity contribution in [1.82, 2.24) is 4.67 Å². The molecule has 1 unspecified atom stereocenters. The smallest absolute Gasteiger partial charge is 0.0233 e. The number of rotatable bonds is 0. The van der Waals surface area contributed by atoms with Gasteiger partial charge in [-0.15, -0.1) is 0 Å². The fourth-order valence-electron chi connectivity index (χ4n) is 1.96. The molecule has 1 atom stereocenters. The molecule has 1 aliphatic heterocycles. The molecule has 1 saturated heterocycles. The van der Waals surface area contributed by atoms with Crippen molar-refractivity contribution in [2.45, 2.75) is 19.8 Å². The van der Waals surface area contributed by atoms with Crippen molar-refractivity contribution in [3.8, 4) is 0 Å². The number of nitrogens with zero attached hydrogens (tertiary/aromatic N) is 1. The van der Waals surface area contributed by atoms with Crippen molar-refractivity contribution in [1.29, 1.82) is 0 Å². The van der Waals surface area contributed by atoms with Gasteiger partial charge in [0.25, 0.3) is 0 Å². The molecule has 2 rings (SSSR count). The van der Waals surface area contributed by atoms with E-state index in [0.29, 0.717) is 5.41 Å². The average molecular weight is 155 g/mol. The van der Waals surface area contributed by atoms with Crippen LogP contribution in [-0.4, -0.2) is 17.8 Å². The molecule has 1 saturated carbocycles. The van der Waals surface area contributed by atoms with E-state index in [1.807, 2.05) is 0 Å². The minimum Gasteiger partial charge on any atom is -0.282 e. The summed E-state index contributed by atoms with van der Waals surface area (Å²) in [6, 6.07) is 0. The zero-order chi connectivity index (χ0) is 7.19. The first kappa shape index (κ1) is 6.82. The van der Waals surface area contributed by atoms with Crippen LogP contribution in [0.1, 0.15) is 19.8 Å². The van der Waals surface area contributed by atoms with Gasteiger partial charge in [0.05, 0.1) is 0 Å². The van der Waals surface area contributed by atoms with E-state index >= 15 is 0 Å². The Hall–Kier alpha value is 0.130. The lowest BCUT2D eigenvalue weighted by molar-refractivity contribution is 0.522. The van der Waals surface area contributed by atoms with E-state index < -0.39 is 0 Å². The second-order valence-electron chi connectivity index (χ2n) is 3.50. The Balaban J connectivity index is 2.21. The normalized spacial score (nSPS) is 34.0. The molecule has 0 aromatic carbocycles. The maximum Gasteiger partial charge on any atom is 0.0233 e. The number of hydrogen-bond acceptors (Lipinski definition) is 1. The molecule has 2 heteroatoms. The van der Waals surface area contributed by atoms with Crippen molar-refractivity contribution in [3.05, 3.63) is 11.6 Å². The summed E-state index contributed by atoms with van der Waals surface area (Å²) in [4.78, 5) is 0. The summed E-state index contributed by atoms with van der Waals surface area (Å²) < 4.78 is 2.35. The second-order valence-corrected chi connectivity index (χ2v) is 4.23. The minimum atomic E-state index is 0.649. The van der Waals surface area contributed by atoms with Crippen molar-refractivity contribution in [3.63, 3.8) is 0 Å². The van der Waals surface area contributed by atoms with Crippen LogP contribution in [-0.2, 0) is 0 Å². The zero-order valence-electron chi connectivity index (χ0n) is 6.43. The lowest BCUT2D eigenvalue weighted by atomic mass is 10.0. The predicted octanol–water partition coefficient (Wildman–Crippen LogP) is 1.82. The molecule has 0 bridgehead atoms. The quantitative estimate of drug-likeness (QED) is 0.381. The van der Waals surface area contributed by atoms with Crippen LogP contribution in [0.15, 0.2) is 11.6 Å². The predicted molar refractivity (Wildman–Crippen MR) is 46.7 cm³/mol. The third kappa shape index (κ3) is 0.844. The first-order chi connectivity index (χ1) is 4.77. The highest BCUT2D eigenvalue weighted by atomic mass is 31.0. The molecule has 10 heavy (non-hydrogen) atoms. The topological polar surface area (TPSA) is 3.24 Å². The third-order valence-electron chi connectivity index (χ3n) is 2.76. The van der Waals surface area contributed by atoms with Crippen molar-refractivity contribution < 1.29 is 0 Å². The summed E-state index contributed by atoms with van der Waals surface area (Å²) in [5.74, 6) is 0. The lowest BCUT2D eigenvalue weighted by Gasteiger charge is -2.05. The molecule has 1 nitrogen and oxygen atoms in total. The summed E-state index contributed by atoms with van der Waals surface area (Å²) in [6.45, 7) is 4.62. The molecule has 1 spiro atoms. The molecular formula is C8H14NP. The van der Waals surface area contributed by atoms with Gasteiger partial charge in [-0.25, -0.2) is 0 Å². The Morgan fingerprint density at radius 2 is 2.30 bits per heavy atom. The van der Waals surface area contributed by atoms with Gasteiger partial charge in [-0.05, 0) is 19.8 Å². The van der Waals surface area contributed by atoms with E-state index in [4.69, 9.17) is 0 Å². The first-order valence-corrected chi connectivity index (χ1v) is 4.44. The summed E-state index contributed by atoms with van der Waals surface area (Å²) >= 11 is 0. The van der Waals surface area contributed by atoms with E-state index in [9.17, 15) is 0 Å². The van der Waals surface area contributed by atoms with Gasteiger partial charge in [0.15, 0.2) is 0 Å². The van der Waals surface area contributed by atoms with Gasteiger partial charge < -0.3 is 0 Å². The van der Waals surface area contributed by atoms with E-state index in [1.54, 1.807) is 5.57 Å². The highest BCUT2D eigenvalue weighted by molar-refractivity contribution is 7.13. The molecule has 0 amide bonds. The molecule has 0 aromatic heterocycles. The molecule has 0 N–H and O–H groups in total. The van der Waals surface area contributed by atoms with Gasteiger partial charge in [0.1, 0.15) is 0 Å². The number of allylic oxidation sites excluding steroid dienone is 1. The highest BCUT2D eigenvalue weighted by Gasteiger charge is 2.50. The molecular weight excluding hydrogens is 141 g/mol. The van der Waals surface area contributed by atoms with Gasteiger partial charge in [0.2, 0.25) is 0 Å². The van der Waals surface area contributed by atoms with Crippen LogP contribution in [0.5, 0.6) is 0 Å². The van der Waals surface area contributed by atoms with E-state index in [1.165, 1.54) is 25.9 Å². The fourth-order valence-corrected chi connectivity index (χ4v) is 2.51. The largest absolute Gasteiger partial charge is 0.282 e. The Morgan fingerprint density at radius 3 is 2.70 bits per heavy atom. The zero-order valence-corrected chi connectivity index (χ0v) is 7.59. The monoisotopic (exact) mass is 155 g/mol. The summed E-state index contributed by atoms with van der Waals surface area (Å²) in [6.07, 6.45) is 5.16. The Kier molecular flexibility index (Phi) is 1.40. The Bertz CT molecular complexity index is 182. The lowest BCUT2D eigenvalue weighted by Crippen LogP contribution is -2.06. The Morgan fingerprint density at radius 1 is 1.60 bits per heavy atom. The molecule has 1 heterocycles. The molecule has 0 aromatic rings. The van der Waals surface area contributed by atoms with Crippen LogP contribution >= 0.6 is 9.39 Å². The van der Waals surface area contributed by atoms with E-state index in [0.717, 1.165) is 0 Å². The van der Waals surface area contributed by atoms with Crippen molar-refractivity contribution in [2.75, 3.05) is 13.1 Å². The maximum atomic E-state index is 2.80. The summed E-state index contributed by atoms with van der Waals surface area (Å²) in [5, 5.41) is 0. The third-order valence-corrected chi connectivity index (χ3v) is 3.13. The molecule has 0 radical (unpaired) electrons. The van der Waals surface area contributed by atoms with Gasteiger partial charge in [-0.3, -0.25) is 4.67 Å². The molecule has 56 valence electrons. The van der Waals surface area contributed by atoms with Crippen LogP contribution in [0.25, 0.3) is 0 Å². The van der Waals surface area contributed by atoms with Gasteiger partial charge in [-0.1, -0.05) is 21.0 Å². The standard InChI is InChI=1S/C8H14NP/c1-2-7-5-9(10)6-8(7)3-4-8/h2H,3-6,10H2,1H3/b7-2+. The van der Waals surface area contributed by atoms with E-state index in [-0.39, 0.29) is 0 Å². The summed E-state index contributed by atoms with van der Waals surface area (Å²) in [7, 11) is 2.80. The molecule has 1 aliphatic carbocycles. The van der Waals surface area contributed by atoms with Crippen molar-refractivity contribution >= 4 is 9.39 Å². The number of hydrogen-bond donors (Lipinski definition) is 0. The minimum absolute atomic E-state index is 0.649. The molecule has 2 fully saturated rings. The van der Waals surface area contributed by atoms with Crippen LogP contribution in [0.3, 0.4) is 0 Å². The fraction of sp³-hybridized carbons (Fsp3) is 0.750. The summed E-state index contributed by atoms with van der Waals surface area (Å²) in [5.41, 5.74) is 2.32. The van der Waals surface area contributed by atoms with Crippen LogP contribution in [0.4, 0.5) is 0 Å². The van der Waals surface area contributed by atoms with Gasteiger partial charge in [-0.2, -0.15) is 0 Å². The van der Waals surface area contributed by atoms with Crippen molar-refractivity contribution in [2.24, 2.45) is 5.41 Å². The highest BCUT2D eigenvalue weighted by Crippen LogP contribution is 2.56. The SMILES string of the molecule is C/C=C1\CN(P)CC12CC2. The van der Waals surface area contributed by atoms with Crippen LogP contribution < -0.4 is 0 Å². The Labute approximate surface area is 64.7 Å². The van der Waals surface area contributed by atoms with Gasteiger partial charge in [0, 0.05) is 18.5 Å². The van der Waals surface area contributed by atoms with E-state index in [2.05, 4.69) is 27.1 Å².